The molecule has 1 unspecified atom stereocenters. The van der Waals surface area contributed by atoms with Gasteiger partial charge in [0, 0.05) is 20.7 Å². The van der Waals surface area contributed by atoms with Gasteiger partial charge in [-0.1, -0.05) is 0 Å². The number of anilines is 1. The molecule has 11 heteroatoms. The first kappa shape index (κ1) is 17.2. The molecule has 0 radical (unpaired) electrons. The Morgan fingerprint density at radius 1 is 1.40 bits per heavy atom. The van der Waals surface area contributed by atoms with Crippen molar-refractivity contribution in [1.29, 1.82) is 0 Å². The van der Waals surface area contributed by atoms with Crippen molar-refractivity contribution in [1.82, 2.24) is 35.7 Å². The quantitative estimate of drug-likeness (QED) is 0.704. The average molecular weight is 348 g/mol. The van der Waals surface area contributed by atoms with Crippen LogP contribution in [0, 0.1) is 0 Å². The molecule has 1 atom stereocenters. The van der Waals surface area contributed by atoms with Crippen molar-refractivity contribution in [3.63, 3.8) is 0 Å². The van der Waals surface area contributed by atoms with Crippen LogP contribution in [0.1, 0.15) is 22.4 Å². The summed E-state index contributed by atoms with van der Waals surface area (Å²) < 4.78 is 10.7. The summed E-state index contributed by atoms with van der Waals surface area (Å²) in [4.78, 5) is 15.0. The second-order valence-electron chi connectivity index (χ2n) is 5.40. The Kier molecular flexibility index (Phi) is 5.46. The van der Waals surface area contributed by atoms with Gasteiger partial charge in [0.2, 0.25) is 5.82 Å². The number of carbonyl (C=O) groups excluding carboxylic acids is 1. The molecule has 1 fully saturated rings. The lowest BCUT2D eigenvalue weighted by molar-refractivity contribution is 0.0334. The van der Waals surface area contributed by atoms with Crippen LogP contribution in [-0.4, -0.2) is 76.8 Å². The Balaban J connectivity index is 1.66. The predicted octanol–water partition coefficient (Wildman–Crippen LogP) is -0.953. The van der Waals surface area contributed by atoms with Gasteiger partial charge in [0.15, 0.2) is 11.5 Å². The van der Waals surface area contributed by atoms with Crippen LogP contribution in [-0.2, 0) is 16.0 Å². The lowest BCUT2D eigenvalue weighted by atomic mass is 10.2. The second-order valence-corrected chi connectivity index (χ2v) is 5.40. The minimum absolute atomic E-state index is 0.268. The molecule has 3 heterocycles. The molecule has 0 aliphatic carbocycles. The molecule has 3 rings (SSSR count). The SMILES string of the molecule is CNC(=O)c1ccc(N2CCOC(c3nnn(CCOC)n3)C2)nn1. The van der Waals surface area contributed by atoms with E-state index in [4.69, 9.17) is 9.47 Å². The number of hydrogen-bond donors (Lipinski definition) is 1. The molecular formula is C14H20N8O3. The van der Waals surface area contributed by atoms with Crippen molar-refractivity contribution in [2.75, 3.05) is 45.4 Å². The molecule has 1 saturated heterocycles. The Hall–Kier alpha value is -2.66. The molecule has 1 amide bonds. The fourth-order valence-corrected chi connectivity index (χ4v) is 2.41. The number of morpholine rings is 1. The number of hydrogen-bond acceptors (Lipinski definition) is 9. The molecule has 1 aliphatic heterocycles. The summed E-state index contributed by atoms with van der Waals surface area (Å²) in [6.07, 6.45) is -0.300. The van der Waals surface area contributed by atoms with Gasteiger partial charge in [-0.3, -0.25) is 4.79 Å². The zero-order chi connectivity index (χ0) is 17.6. The van der Waals surface area contributed by atoms with Crippen LogP contribution in [0.15, 0.2) is 12.1 Å². The first-order valence-electron chi connectivity index (χ1n) is 7.90. The molecule has 1 aliphatic rings. The minimum Gasteiger partial charge on any atom is -0.383 e. The Labute approximate surface area is 144 Å². The van der Waals surface area contributed by atoms with Crippen LogP contribution in [0.2, 0.25) is 0 Å². The fourth-order valence-electron chi connectivity index (χ4n) is 2.41. The van der Waals surface area contributed by atoms with E-state index < -0.39 is 0 Å². The molecular weight excluding hydrogens is 328 g/mol. The van der Waals surface area contributed by atoms with Crippen molar-refractivity contribution in [2.45, 2.75) is 12.6 Å². The number of nitrogens with zero attached hydrogens (tertiary/aromatic N) is 7. The smallest absolute Gasteiger partial charge is 0.271 e. The minimum atomic E-state index is -0.300. The summed E-state index contributed by atoms with van der Waals surface area (Å²) in [7, 11) is 3.17. The number of aromatic nitrogens is 6. The molecule has 0 saturated carbocycles. The molecule has 0 spiro atoms. The third kappa shape index (κ3) is 4.06. The summed E-state index contributed by atoms with van der Waals surface area (Å²) in [6, 6.07) is 3.41. The Morgan fingerprint density at radius 2 is 2.28 bits per heavy atom. The van der Waals surface area contributed by atoms with Crippen molar-refractivity contribution < 1.29 is 14.3 Å². The maximum absolute atomic E-state index is 11.5. The van der Waals surface area contributed by atoms with Crippen LogP contribution in [0.3, 0.4) is 0 Å². The van der Waals surface area contributed by atoms with Gasteiger partial charge in [0.1, 0.15) is 6.10 Å². The van der Waals surface area contributed by atoms with Gasteiger partial charge in [-0.05, 0) is 17.3 Å². The highest BCUT2D eigenvalue weighted by atomic mass is 16.5. The van der Waals surface area contributed by atoms with E-state index in [0.717, 1.165) is 0 Å². The van der Waals surface area contributed by atoms with Crippen molar-refractivity contribution in [3.05, 3.63) is 23.7 Å². The lowest BCUT2D eigenvalue weighted by Crippen LogP contribution is -2.39. The maximum Gasteiger partial charge on any atom is 0.271 e. The highest BCUT2D eigenvalue weighted by Crippen LogP contribution is 2.22. The monoisotopic (exact) mass is 348 g/mol. The zero-order valence-electron chi connectivity index (χ0n) is 14.1. The van der Waals surface area contributed by atoms with E-state index in [9.17, 15) is 4.79 Å². The third-order valence-electron chi connectivity index (χ3n) is 3.75. The summed E-state index contributed by atoms with van der Waals surface area (Å²) in [5.41, 5.74) is 0.277. The predicted molar refractivity (Wildman–Crippen MR) is 86.0 cm³/mol. The summed E-state index contributed by atoms with van der Waals surface area (Å²) in [5, 5.41) is 23.0. The second kappa shape index (κ2) is 7.94. The number of carbonyl (C=O) groups is 1. The average Bonchev–Trinajstić information content (AvgIpc) is 3.15. The maximum atomic E-state index is 11.5. The molecule has 2 aromatic heterocycles. The van der Waals surface area contributed by atoms with Crippen molar-refractivity contribution >= 4 is 11.7 Å². The largest absolute Gasteiger partial charge is 0.383 e. The number of ether oxygens (including phenoxy) is 2. The fraction of sp³-hybridized carbons (Fsp3) is 0.571. The van der Waals surface area contributed by atoms with Crippen LogP contribution in [0.25, 0.3) is 0 Å². The summed E-state index contributed by atoms with van der Waals surface area (Å²) >= 11 is 0. The topological polar surface area (TPSA) is 120 Å². The highest BCUT2D eigenvalue weighted by molar-refractivity contribution is 5.91. The van der Waals surface area contributed by atoms with E-state index in [1.165, 1.54) is 4.80 Å². The van der Waals surface area contributed by atoms with Crippen LogP contribution in [0.5, 0.6) is 0 Å². The first-order valence-corrected chi connectivity index (χ1v) is 7.90. The molecule has 11 nitrogen and oxygen atoms in total. The van der Waals surface area contributed by atoms with Crippen LogP contribution in [0.4, 0.5) is 5.82 Å². The summed E-state index contributed by atoms with van der Waals surface area (Å²) in [5.74, 6) is 0.930. The number of rotatable bonds is 6. The van der Waals surface area contributed by atoms with E-state index in [1.54, 1.807) is 26.3 Å². The van der Waals surface area contributed by atoms with E-state index in [-0.39, 0.29) is 17.7 Å². The van der Waals surface area contributed by atoms with Gasteiger partial charge in [-0.15, -0.1) is 20.4 Å². The number of amides is 1. The van der Waals surface area contributed by atoms with Crippen LogP contribution < -0.4 is 10.2 Å². The van der Waals surface area contributed by atoms with Gasteiger partial charge in [-0.25, -0.2) is 0 Å². The summed E-state index contributed by atoms with van der Waals surface area (Å²) in [6.45, 7) is 2.76. The molecule has 0 bridgehead atoms. The molecule has 1 N–H and O–H groups in total. The normalized spacial score (nSPS) is 17.5. The van der Waals surface area contributed by atoms with E-state index in [1.807, 2.05) is 4.90 Å². The molecule has 0 aromatic carbocycles. The molecule has 134 valence electrons. The van der Waals surface area contributed by atoms with E-state index in [2.05, 4.69) is 30.9 Å². The Morgan fingerprint density at radius 3 is 3.00 bits per heavy atom. The van der Waals surface area contributed by atoms with Crippen molar-refractivity contribution in [3.8, 4) is 0 Å². The van der Waals surface area contributed by atoms with Gasteiger partial charge >= 0.3 is 0 Å². The number of methoxy groups -OCH3 is 1. The third-order valence-corrected chi connectivity index (χ3v) is 3.75. The molecule has 25 heavy (non-hydrogen) atoms. The molecule has 2 aromatic rings. The lowest BCUT2D eigenvalue weighted by Gasteiger charge is -2.31. The van der Waals surface area contributed by atoms with E-state index >= 15 is 0 Å². The van der Waals surface area contributed by atoms with Crippen molar-refractivity contribution in [2.24, 2.45) is 0 Å². The zero-order valence-corrected chi connectivity index (χ0v) is 14.1. The highest BCUT2D eigenvalue weighted by Gasteiger charge is 2.27. The van der Waals surface area contributed by atoms with Crippen LogP contribution >= 0.6 is 0 Å². The number of tetrazole rings is 1. The van der Waals surface area contributed by atoms with Gasteiger partial charge in [0.25, 0.3) is 5.91 Å². The van der Waals surface area contributed by atoms with E-state index in [0.29, 0.717) is 44.5 Å². The van der Waals surface area contributed by atoms with Gasteiger partial charge < -0.3 is 19.7 Å². The Bertz CT molecular complexity index is 704. The number of nitrogens with one attached hydrogen (secondary N) is 1. The van der Waals surface area contributed by atoms with Gasteiger partial charge in [0.05, 0.1) is 26.3 Å². The standard InChI is InChI=1S/C14H20N8O3/c1-15-14(23)10-3-4-12(17-16-10)21-5-8-25-11(9-21)13-18-20-22(19-13)6-7-24-2/h3-4,11H,5-9H2,1-2H3,(H,15,23). The first-order chi connectivity index (χ1) is 12.2. The van der Waals surface area contributed by atoms with Gasteiger partial charge in [-0.2, -0.15) is 4.80 Å².